The average Bonchev–Trinajstić information content (AvgIpc) is 3.06. The van der Waals surface area contributed by atoms with E-state index in [1.807, 2.05) is 29.2 Å². The average molecular weight is 340 g/mol. The van der Waals surface area contributed by atoms with Gasteiger partial charge in [-0.15, -0.1) is 0 Å². The van der Waals surface area contributed by atoms with E-state index in [-0.39, 0.29) is 17.6 Å². The number of para-hydroxylation sites is 2. The number of ether oxygens (including phenoxy) is 1. The quantitative estimate of drug-likeness (QED) is 0.536. The maximum absolute atomic E-state index is 13.2. The van der Waals surface area contributed by atoms with E-state index in [1.54, 1.807) is 6.07 Å². The predicted molar refractivity (Wildman–Crippen MR) is 91.0 cm³/mol. The van der Waals surface area contributed by atoms with Gasteiger partial charge in [0.25, 0.3) is 6.01 Å². The van der Waals surface area contributed by atoms with Crippen LogP contribution >= 0.6 is 0 Å². The van der Waals surface area contributed by atoms with Gasteiger partial charge in [-0.25, -0.2) is 4.39 Å². The zero-order chi connectivity index (χ0) is 17.2. The number of hydrogen-bond donors (Lipinski definition) is 0. The molecule has 0 spiro atoms. The van der Waals surface area contributed by atoms with Crippen molar-refractivity contribution in [3.63, 3.8) is 0 Å². The van der Waals surface area contributed by atoms with Crippen LogP contribution in [0.3, 0.4) is 0 Å². The molecule has 128 valence electrons. The number of piperidine rings is 1. The third kappa shape index (κ3) is 3.33. The van der Waals surface area contributed by atoms with Crippen molar-refractivity contribution in [2.24, 2.45) is 5.92 Å². The molecule has 0 saturated carbocycles. The van der Waals surface area contributed by atoms with Crippen molar-refractivity contribution in [3.05, 3.63) is 54.3 Å². The number of nitrogens with zero attached hydrogens (tertiary/aromatic N) is 2. The van der Waals surface area contributed by atoms with Crippen molar-refractivity contribution in [2.45, 2.75) is 12.8 Å². The zero-order valence-corrected chi connectivity index (χ0v) is 13.5. The summed E-state index contributed by atoms with van der Waals surface area (Å²) in [5.74, 6) is -0.700. The molecule has 1 fully saturated rings. The van der Waals surface area contributed by atoms with Gasteiger partial charge in [0.05, 0.1) is 5.92 Å². The van der Waals surface area contributed by atoms with Crippen molar-refractivity contribution < 1.29 is 18.3 Å². The highest BCUT2D eigenvalue weighted by Gasteiger charge is 2.28. The molecule has 0 aliphatic carbocycles. The van der Waals surface area contributed by atoms with Crippen LogP contribution in [-0.2, 0) is 4.79 Å². The van der Waals surface area contributed by atoms with Crippen molar-refractivity contribution in [3.8, 4) is 5.75 Å². The Morgan fingerprint density at radius 2 is 1.96 bits per heavy atom. The van der Waals surface area contributed by atoms with Gasteiger partial charge in [-0.2, -0.15) is 4.98 Å². The molecule has 2 heterocycles. The summed E-state index contributed by atoms with van der Waals surface area (Å²) in [5, 5.41) is 0. The molecular formula is C19H17FN2O3. The van der Waals surface area contributed by atoms with E-state index in [4.69, 9.17) is 9.15 Å². The lowest BCUT2D eigenvalue weighted by atomic mass is 9.97. The first-order valence-electron chi connectivity index (χ1n) is 8.27. The molecule has 5 nitrogen and oxygen atoms in total. The van der Waals surface area contributed by atoms with Gasteiger partial charge in [-0.05, 0) is 37.1 Å². The third-order valence-corrected chi connectivity index (χ3v) is 4.40. The summed E-state index contributed by atoms with van der Waals surface area (Å²) in [6, 6.07) is 13.8. The summed E-state index contributed by atoms with van der Waals surface area (Å²) in [4.78, 5) is 18.8. The van der Waals surface area contributed by atoms with Crippen LogP contribution in [0, 0.1) is 11.7 Å². The number of carbonyl (C=O) groups is 1. The minimum atomic E-state index is -0.420. The Morgan fingerprint density at radius 1 is 1.16 bits per heavy atom. The molecule has 3 aromatic rings. The minimum Gasteiger partial charge on any atom is -0.426 e. The Morgan fingerprint density at radius 3 is 2.72 bits per heavy atom. The van der Waals surface area contributed by atoms with E-state index in [9.17, 15) is 9.18 Å². The van der Waals surface area contributed by atoms with E-state index in [2.05, 4.69) is 4.98 Å². The van der Waals surface area contributed by atoms with Crippen LogP contribution in [0.15, 0.2) is 52.9 Å². The van der Waals surface area contributed by atoms with Crippen LogP contribution in [0.2, 0.25) is 0 Å². The number of fused-ring (bicyclic) bond motifs is 1. The lowest BCUT2D eigenvalue weighted by molar-refractivity contribution is -0.139. The molecule has 0 amide bonds. The number of hydrogen-bond acceptors (Lipinski definition) is 5. The van der Waals surface area contributed by atoms with Gasteiger partial charge in [0.2, 0.25) is 0 Å². The molecule has 4 rings (SSSR count). The summed E-state index contributed by atoms with van der Waals surface area (Å²) in [6.45, 7) is 1.32. The Labute approximate surface area is 144 Å². The number of esters is 1. The summed E-state index contributed by atoms with van der Waals surface area (Å²) >= 11 is 0. The molecule has 0 bridgehead atoms. The maximum atomic E-state index is 13.2. The number of carbonyl (C=O) groups excluding carboxylic acids is 1. The predicted octanol–water partition coefficient (Wildman–Crippen LogP) is 3.79. The van der Waals surface area contributed by atoms with Crippen molar-refractivity contribution in [2.75, 3.05) is 18.0 Å². The second kappa shape index (κ2) is 6.55. The van der Waals surface area contributed by atoms with Gasteiger partial charge in [-0.3, -0.25) is 4.79 Å². The fraction of sp³-hybridized carbons (Fsp3) is 0.263. The topological polar surface area (TPSA) is 55.6 Å². The highest BCUT2D eigenvalue weighted by Crippen LogP contribution is 2.27. The van der Waals surface area contributed by atoms with Crippen LogP contribution < -0.4 is 9.64 Å². The molecule has 25 heavy (non-hydrogen) atoms. The Hall–Kier alpha value is -2.89. The van der Waals surface area contributed by atoms with Gasteiger partial charge in [0.15, 0.2) is 5.58 Å². The molecule has 0 N–H and O–H groups in total. The maximum Gasteiger partial charge on any atom is 0.314 e. The van der Waals surface area contributed by atoms with E-state index < -0.39 is 5.82 Å². The van der Waals surface area contributed by atoms with Crippen LogP contribution in [0.4, 0.5) is 10.4 Å². The van der Waals surface area contributed by atoms with Gasteiger partial charge >= 0.3 is 5.97 Å². The fourth-order valence-electron chi connectivity index (χ4n) is 3.03. The van der Waals surface area contributed by atoms with Crippen LogP contribution in [0.5, 0.6) is 5.75 Å². The number of oxazole rings is 1. The van der Waals surface area contributed by atoms with E-state index in [0.717, 1.165) is 11.1 Å². The van der Waals surface area contributed by atoms with Crippen molar-refractivity contribution in [1.29, 1.82) is 0 Å². The molecule has 1 aromatic heterocycles. The van der Waals surface area contributed by atoms with Gasteiger partial charge in [-0.1, -0.05) is 18.2 Å². The van der Waals surface area contributed by atoms with Crippen LogP contribution in [0.25, 0.3) is 11.1 Å². The standard InChI is InChI=1S/C19H17FN2O3/c20-14-4-3-5-15(12-14)24-18(23)13-8-10-22(11-9-13)19-21-16-6-1-2-7-17(16)25-19/h1-7,12-13H,8-11H2. The van der Waals surface area contributed by atoms with Crippen molar-refractivity contribution >= 4 is 23.1 Å². The molecule has 0 atom stereocenters. The number of benzene rings is 2. The molecule has 1 aliphatic heterocycles. The molecule has 0 unspecified atom stereocenters. The number of rotatable bonds is 3. The largest absolute Gasteiger partial charge is 0.426 e. The molecule has 6 heteroatoms. The number of anilines is 1. The second-order valence-electron chi connectivity index (χ2n) is 6.10. The van der Waals surface area contributed by atoms with Crippen molar-refractivity contribution in [1.82, 2.24) is 4.98 Å². The first-order chi connectivity index (χ1) is 12.2. The Bertz CT molecular complexity index is 867. The first-order valence-corrected chi connectivity index (χ1v) is 8.27. The van der Waals surface area contributed by atoms with E-state index in [1.165, 1.54) is 18.2 Å². The molecule has 1 aliphatic rings. The third-order valence-electron chi connectivity index (χ3n) is 4.40. The number of halogens is 1. The SMILES string of the molecule is O=C(Oc1cccc(F)c1)C1CCN(c2nc3ccccc3o2)CC1. The molecule has 1 saturated heterocycles. The monoisotopic (exact) mass is 340 g/mol. The highest BCUT2D eigenvalue weighted by molar-refractivity contribution is 5.76. The van der Waals surface area contributed by atoms with Crippen LogP contribution in [-0.4, -0.2) is 24.0 Å². The first kappa shape index (κ1) is 15.6. The van der Waals surface area contributed by atoms with Gasteiger partial charge in [0.1, 0.15) is 17.1 Å². The highest BCUT2D eigenvalue weighted by atomic mass is 19.1. The molecule has 2 aromatic carbocycles. The fourth-order valence-corrected chi connectivity index (χ4v) is 3.03. The van der Waals surface area contributed by atoms with E-state index >= 15 is 0 Å². The minimum absolute atomic E-state index is 0.205. The smallest absolute Gasteiger partial charge is 0.314 e. The summed E-state index contributed by atoms with van der Waals surface area (Å²) in [6.07, 6.45) is 1.29. The summed E-state index contributed by atoms with van der Waals surface area (Å²) in [5.41, 5.74) is 1.58. The van der Waals surface area contributed by atoms with E-state index in [0.29, 0.717) is 31.9 Å². The zero-order valence-electron chi connectivity index (χ0n) is 13.5. The Balaban J connectivity index is 1.38. The van der Waals surface area contributed by atoms with Gasteiger partial charge < -0.3 is 14.1 Å². The molecule has 0 radical (unpaired) electrons. The normalized spacial score (nSPS) is 15.5. The van der Waals surface area contributed by atoms with Gasteiger partial charge in [0, 0.05) is 19.2 Å². The second-order valence-corrected chi connectivity index (χ2v) is 6.10. The lowest BCUT2D eigenvalue weighted by Gasteiger charge is -2.29. The Kier molecular flexibility index (Phi) is 4.09. The number of aromatic nitrogens is 1. The summed E-state index contributed by atoms with van der Waals surface area (Å²) in [7, 11) is 0. The lowest BCUT2D eigenvalue weighted by Crippen LogP contribution is -2.37. The summed E-state index contributed by atoms with van der Waals surface area (Å²) < 4.78 is 24.2. The molecular weight excluding hydrogens is 323 g/mol. The van der Waals surface area contributed by atoms with Crippen LogP contribution in [0.1, 0.15) is 12.8 Å².